The van der Waals surface area contributed by atoms with Gasteiger partial charge in [0, 0.05) is 42.2 Å². The van der Waals surface area contributed by atoms with Gasteiger partial charge in [0.1, 0.15) is 0 Å². The number of benzene rings is 2. The minimum absolute atomic E-state index is 0.0476. The summed E-state index contributed by atoms with van der Waals surface area (Å²) in [6.45, 7) is 5.07. The van der Waals surface area contributed by atoms with E-state index < -0.39 is 0 Å². The quantitative estimate of drug-likeness (QED) is 0.646. The summed E-state index contributed by atoms with van der Waals surface area (Å²) in [4.78, 5) is 34.0. The summed E-state index contributed by atoms with van der Waals surface area (Å²) in [5, 5.41) is 3.82. The normalized spacial score (nSPS) is 16.2. The predicted molar refractivity (Wildman–Crippen MR) is 119 cm³/mol. The molecule has 1 atom stereocenters. The summed E-state index contributed by atoms with van der Waals surface area (Å²) in [5.74, 6) is 0.312. The molecule has 4 rings (SSSR count). The fourth-order valence-electron chi connectivity index (χ4n) is 3.72. The second kappa shape index (κ2) is 8.32. The van der Waals surface area contributed by atoms with Crippen LogP contribution >= 0.6 is 11.6 Å². The Kier molecular flexibility index (Phi) is 5.59. The van der Waals surface area contributed by atoms with Crippen LogP contribution in [-0.2, 0) is 11.3 Å². The standard InChI is InChI=1S/C23H23ClN4O2/c1-14-4-3-5-20(15(14)2)28-13-17(10-22(28)30)19-11-21(29)27-23(26-19)25-12-16-6-8-18(24)9-7-16/h3-9,11,17H,10,12-13H2,1-2H3,(H2,25,26,27,29). The third-order valence-corrected chi connectivity index (χ3v) is 5.80. The number of aromatic amines is 1. The average molecular weight is 423 g/mol. The number of nitrogens with zero attached hydrogens (tertiary/aromatic N) is 2. The zero-order chi connectivity index (χ0) is 21.3. The van der Waals surface area contributed by atoms with Crippen molar-refractivity contribution in [3.05, 3.63) is 86.3 Å². The van der Waals surface area contributed by atoms with Crippen LogP contribution in [0.4, 0.5) is 11.6 Å². The molecule has 1 aliphatic heterocycles. The van der Waals surface area contributed by atoms with E-state index in [1.165, 1.54) is 6.07 Å². The third kappa shape index (κ3) is 4.24. The van der Waals surface area contributed by atoms with E-state index in [4.69, 9.17) is 11.6 Å². The first-order chi connectivity index (χ1) is 14.4. The largest absolute Gasteiger partial charge is 0.352 e. The number of aromatic nitrogens is 2. The molecule has 154 valence electrons. The van der Waals surface area contributed by atoms with E-state index in [1.807, 2.05) is 56.3 Å². The monoisotopic (exact) mass is 422 g/mol. The van der Waals surface area contributed by atoms with Gasteiger partial charge in [0.15, 0.2) is 0 Å². The van der Waals surface area contributed by atoms with E-state index in [-0.39, 0.29) is 17.4 Å². The Labute approximate surface area is 179 Å². The Bertz CT molecular complexity index is 1140. The number of nitrogens with one attached hydrogen (secondary N) is 2. The molecule has 1 fully saturated rings. The second-order valence-corrected chi connectivity index (χ2v) is 8.06. The van der Waals surface area contributed by atoms with Crippen LogP contribution in [0.2, 0.25) is 5.02 Å². The highest BCUT2D eigenvalue weighted by molar-refractivity contribution is 6.30. The molecule has 2 heterocycles. The van der Waals surface area contributed by atoms with Gasteiger partial charge < -0.3 is 10.2 Å². The summed E-state index contributed by atoms with van der Waals surface area (Å²) >= 11 is 5.92. The van der Waals surface area contributed by atoms with Crippen LogP contribution in [0.5, 0.6) is 0 Å². The smallest absolute Gasteiger partial charge is 0.252 e. The number of hydrogen-bond acceptors (Lipinski definition) is 4. The zero-order valence-electron chi connectivity index (χ0n) is 16.9. The number of rotatable bonds is 5. The van der Waals surface area contributed by atoms with Gasteiger partial charge in [-0.05, 0) is 48.7 Å². The first-order valence-corrected chi connectivity index (χ1v) is 10.2. The SMILES string of the molecule is Cc1cccc(N2CC(c3cc(=O)[nH]c(NCc4ccc(Cl)cc4)n3)CC2=O)c1C. The lowest BCUT2D eigenvalue weighted by Crippen LogP contribution is -2.25. The summed E-state index contributed by atoms with van der Waals surface area (Å²) in [5.41, 5.74) is 4.56. The molecule has 0 saturated carbocycles. The minimum atomic E-state index is -0.240. The Morgan fingerprint density at radius 1 is 1.17 bits per heavy atom. The lowest BCUT2D eigenvalue weighted by Gasteiger charge is -2.20. The van der Waals surface area contributed by atoms with E-state index in [2.05, 4.69) is 15.3 Å². The molecule has 1 saturated heterocycles. The number of H-pyrrole nitrogens is 1. The molecule has 1 aromatic heterocycles. The third-order valence-electron chi connectivity index (χ3n) is 5.54. The predicted octanol–water partition coefficient (Wildman–Crippen LogP) is 4.17. The van der Waals surface area contributed by atoms with Gasteiger partial charge in [0.25, 0.3) is 5.56 Å². The molecule has 1 aliphatic rings. The Balaban J connectivity index is 1.53. The molecule has 1 unspecified atom stereocenters. The van der Waals surface area contributed by atoms with E-state index in [0.717, 1.165) is 22.4 Å². The number of amides is 1. The van der Waals surface area contributed by atoms with Crippen molar-refractivity contribution in [3.8, 4) is 0 Å². The lowest BCUT2D eigenvalue weighted by atomic mass is 10.0. The molecule has 3 aromatic rings. The fraction of sp³-hybridized carbons (Fsp3) is 0.261. The average Bonchev–Trinajstić information content (AvgIpc) is 3.11. The molecule has 30 heavy (non-hydrogen) atoms. The highest BCUT2D eigenvalue weighted by Gasteiger charge is 2.33. The van der Waals surface area contributed by atoms with Gasteiger partial charge >= 0.3 is 0 Å². The number of halogens is 1. The van der Waals surface area contributed by atoms with Gasteiger partial charge in [-0.1, -0.05) is 35.9 Å². The summed E-state index contributed by atoms with van der Waals surface area (Å²) in [6, 6.07) is 14.9. The van der Waals surface area contributed by atoms with E-state index in [1.54, 1.807) is 4.90 Å². The van der Waals surface area contributed by atoms with Gasteiger partial charge in [-0.3, -0.25) is 14.6 Å². The summed E-state index contributed by atoms with van der Waals surface area (Å²) in [6.07, 6.45) is 0.334. The summed E-state index contributed by atoms with van der Waals surface area (Å²) < 4.78 is 0. The number of carbonyl (C=O) groups is 1. The molecule has 0 aliphatic carbocycles. The topological polar surface area (TPSA) is 78.1 Å². The van der Waals surface area contributed by atoms with E-state index in [0.29, 0.717) is 36.2 Å². The molecule has 2 aromatic carbocycles. The molecular formula is C23H23ClN4O2. The molecule has 0 spiro atoms. The van der Waals surface area contributed by atoms with Crippen LogP contribution in [0.1, 0.15) is 34.7 Å². The number of anilines is 2. The molecule has 6 nitrogen and oxygen atoms in total. The van der Waals surface area contributed by atoms with Crippen molar-refractivity contribution >= 4 is 29.1 Å². The van der Waals surface area contributed by atoms with Crippen molar-refractivity contribution in [3.63, 3.8) is 0 Å². The Morgan fingerprint density at radius 3 is 2.70 bits per heavy atom. The van der Waals surface area contributed by atoms with Gasteiger partial charge in [-0.2, -0.15) is 0 Å². The van der Waals surface area contributed by atoms with Gasteiger partial charge in [-0.25, -0.2) is 4.98 Å². The Hall–Kier alpha value is -3.12. The minimum Gasteiger partial charge on any atom is -0.352 e. The molecule has 2 N–H and O–H groups in total. The first kappa shape index (κ1) is 20.2. The zero-order valence-corrected chi connectivity index (χ0v) is 17.7. The van der Waals surface area contributed by atoms with Crippen molar-refractivity contribution < 1.29 is 4.79 Å². The molecule has 1 amide bonds. The van der Waals surface area contributed by atoms with E-state index >= 15 is 0 Å². The van der Waals surface area contributed by atoms with Gasteiger partial charge in [0.05, 0.1) is 5.69 Å². The van der Waals surface area contributed by atoms with Crippen LogP contribution in [0.25, 0.3) is 0 Å². The van der Waals surface area contributed by atoms with Crippen molar-refractivity contribution in [2.45, 2.75) is 32.7 Å². The fourth-order valence-corrected chi connectivity index (χ4v) is 3.85. The number of hydrogen-bond donors (Lipinski definition) is 2. The summed E-state index contributed by atoms with van der Waals surface area (Å²) in [7, 11) is 0. The van der Waals surface area contributed by atoms with Crippen molar-refractivity contribution in [1.29, 1.82) is 0 Å². The number of aryl methyl sites for hydroxylation is 1. The van der Waals surface area contributed by atoms with Crippen LogP contribution in [0, 0.1) is 13.8 Å². The van der Waals surface area contributed by atoms with Crippen LogP contribution < -0.4 is 15.8 Å². The molecule has 7 heteroatoms. The molecular weight excluding hydrogens is 400 g/mol. The van der Waals surface area contributed by atoms with Crippen molar-refractivity contribution in [2.24, 2.45) is 0 Å². The number of carbonyl (C=O) groups excluding carboxylic acids is 1. The van der Waals surface area contributed by atoms with Gasteiger partial charge in [-0.15, -0.1) is 0 Å². The highest BCUT2D eigenvalue weighted by Crippen LogP contribution is 2.33. The first-order valence-electron chi connectivity index (χ1n) is 9.87. The van der Waals surface area contributed by atoms with Crippen LogP contribution in [-0.4, -0.2) is 22.4 Å². The molecule has 0 radical (unpaired) electrons. The van der Waals surface area contributed by atoms with Gasteiger partial charge in [0.2, 0.25) is 11.9 Å². The lowest BCUT2D eigenvalue weighted by molar-refractivity contribution is -0.117. The second-order valence-electron chi connectivity index (χ2n) is 7.62. The maximum Gasteiger partial charge on any atom is 0.252 e. The maximum absolute atomic E-state index is 12.7. The van der Waals surface area contributed by atoms with Crippen LogP contribution in [0.15, 0.2) is 53.3 Å². The van der Waals surface area contributed by atoms with Crippen molar-refractivity contribution in [1.82, 2.24) is 9.97 Å². The Morgan fingerprint density at radius 2 is 1.93 bits per heavy atom. The van der Waals surface area contributed by atoms with Crippen LogP contribution in [0.3, 0.4) is 0 Å². The van der Waals surface area contributed by atoms with Crippen molar-refractivity contribution in [2.75, 3.05) is 16.8 Å². The molecule has 0 bridgehead atoms. The highest BCUT2D eigenvalue weighted by atomic mass is 35.5. The van der Waals surface area contributed by atoms with E-state index in [9.17, 15) is 9.59 Å². The maximum atomic E-state index is 12.7.